The van der Waals surface area contributed by atoms with Crippen molar-refractivity contribution in [2.24, 2.45) is 0 Å². The van der Waals surface area contributed by atoms with Crippen molar-refractivity contribution in [3.63, 3.8) is 0 Å². The molecule has 2 heterocycles. The number of carbonyl (C=O) groups excluding carboxylic acids is 3. The van der Waals surface area contributed by atoms with Crippen LogP contribution in [0.15, 0.2) is 18.2 Å². The molecular weight excluding hydrogens is 423 g/mol. The van der Waals surface area contributed by atoms with Gasteiger partial charge in [-0.15, -0.1) is 0 Å². The summed E-state index contributed by atoms with van der Waals surface area (Å²) in [7, 11) is 0. The molecule has 0 aliphatic carbocycles. The third kappa shape index (κ3) is 6.61. The van der Waals surface area contributed by atoms with Gasteiger partial charge in [-0.05, 0) is 56.8 Å². The number of nitrogens with zero attached hydrogens (tertiary/aromatic N) is 1. The highest BCUT2D eigenvalue weighted by molar-refractivity contribution is 6.34. The van der Waals surface area contributed by atoms with Gasteiger partial charge in [0.25, 0.3) is 11.8 Å². The van der Waals surface area contributed by atoms with E-state index in [4.69, 9.17) is 4.79 Å². The molecule has 7 nitrogen and oxygen atoms in total. The SMILES string of the molecule is C=O.CC.CCN(CC)CCNC(=O)c1c(C)[nH]c(/C=C2\C(=O)Nc3ccc(F)cc32)c1C. The van der Waals surface area contributed by atoms with Crippen LogP contribution in [-0.2, 0) is 9.59 Å². The molecule has 0 unspecified atom stereocenters. The molecule has 0 bridgehead atoms. The van der Waals surface area contributed by atoms with Gasteiger partial charge in [0.05, 0.1) is 11.1 Å². The van der Waals surface area contributed by atoms with Gasteiger partial charge in [-0.3, -0.25) is 9.59 Å². The minimum absolute atomic E-state index is 0.143. The first-order valence-corrected chi connectivity index (χ1v) is 11.2. The number of nitrogens with one attached hydrogen (secondary N) is 3. The minimum Gasteiger partial charge on any atom is -0.358 e. The van der Waals surface area contributed by atoms with E-state index in [0.29, 0.717) is 34.6 Å². The van der Waals surface area contributed by atoms with Crippen LogP contribution in [0.3, 0.4) is 0 Å². The molecule has 3 rings (SSSR count). The fourth-order valence-corrected chi connectivity index (χ4v) is 3.66. The average Bonchev–Trinajstić information content (AvgIpc) is 3.28. The highest BCUT2D eigenvalue weighted by Gasteiger charge is 2.26. The van der Waals surface area contributed by atoms with Crippen LogP contribution in [-0.4, -0.2) is 54.7 Å². The van der Waals surface area contributed by atoms with E-state index in [0.717, 1.165) is 30.9 Å². The Hall–Kier alpha value is -3.26. The third-order valence-electron chi connectivity index (χ3n) is 5.36. The Morgan fingerprint density at radius 3 is 2.42 bits per heavy atom. The molecule has 3 N–H and O–H groups in total. The molecule has 0 saturated carbocycles. The molecule has 8 heteroatoms. The lowest BCUT2D eigenvalue weighted by atomic mass is 10.0. The maximum Gasteiger partial charge on any atom is 0.256 e. The quantitative estimate of drug-likeness (QED) is 0.543. The highest BCUT2D eigenvalue weighted by Crippen LogP contribution is 2.34. The fourth-order valence-electron chi connectivity index (χ4n) is 3.66. The van der Waals surface area contributed by atoms with E-state index in [9.17, 15) is 14.0 Å². The summed E-state index contributed by atoms with van der Waals surface area (Å²) >= 11 is 0. The number of carbonyl (C=O) groups is 3. The Kier molecular flexibility index (Phi) is 11.2. The van der Waals surface area contributed by atoms with Gasteiger partial charge in [-0.25, -0.2) is 4.39 Å². The van der Waals surface area contributed by atoms with Crippen LogP contribution in [0.1, 0.15) is 60.6 Å². The van der Waals surface area contributed by atoms with Gasteiger partial charge in [-0.2, -0.15) is 0 Å². The van der Waals surface area contributed by atoms with Gasteiger partial charge < -0.3 is 25.3 Å². The lowest BCUT2D eigenvalue weighted by Gasteiger charge is -2.18. The third-order valence-corrected chi connectivity index (χ3v) is 5.36. The van der Waals surface area contributed by atoms with E-state index in [1.807, 2.05) is 34.5 Å². The number of benzene rings is 1. The summed E-state index contributed by atoms with van der Waals surface area (Å²) in [4.78, 5) is 38.5. The molecule has 2 amide bonds. The van der Waals surface area contributed by atoms with Crippen molar-refractivity contribution < 1.29 is 18.8 Å². The number of amides is 2. The molecule has 1 aromatic carbocycles. The predicted octanol–water partition coefficient (Wildman–Crippen LogP) is 4.18. The monoisotopic (exact) mass is 458 g/mol. The van der Waals surface area contributed by atoms with E-state index < -0.39 is 5.82 Å². The lowest BCUT2D eigenvalue weighted by Crippen LogP contribution is -2.35. The minimum atomic E-state index is -0.404. The van der Waals surface area contributed by atoms with Crippen molar-refractivity contribution in [3.05, 3.63) is 52.1 Å². The molecule has 33 heavy (non-hydrogen) atoms. The Morgan fingerprint density at radius 2 is 1.82 bits per heavy atom. The summed E-state index contributed by atoms with van der Waals surface area (Å²) < 4.78 is 13.7. The molecule has 0 atom stereocenters. The smallest absolute Gasteiger partial charge is 0.256 e. The van der Waals surface area contributed by atoms with Gasteiger partial charge in [0.2, 0.25) is 0 Å². The normalized spacial score (nSPS) is 13.0. The maximum absolute atomic E-state index is 13.7. The highest BCUT2D eigenvalue weighted by atomic mass is 19.1. The number of halogens is 1. The molecule has 1 aliphatic heterocycles. The van der Waals surface area contributed by atoms with Crippen molar-refractivity contribution in [1.29, 1.82) is 0 Å². The maximum atomic E-state index is 13.7. The molecule has 0 radical (unpaired) electrons. The number of aryl methyl sites for hydroxylation is 1. The molecule has 0 spiro atoms. The van der Waals surface area contributed by atoms with Crippen LogP contribution >= 0.6 is 0 Å². The van der Waals surface area contributed by atoms with Gasteiger partial charge >= 0.3 is 0 Å². The van der Waals surface area contributed by atoms with Gasteiger partial charge in [0.15, 0.2) is 0 Å². The molecular formula is C25H35FN4O3. The van der Waals surface area contributed by atoms with E-state index >= 15 is 0 Å². The van der Waals surface area contributed by atoms with E-state index in [2.05, 4.69) is 34.4 Å². The van der Waals surface area contributed by atoms with Crippen LogP contribution in [0.2, 0.25) is 0 Å². The van der Waals surface area contributed by atoms with Crippen LogP contribution in [0.5, 0.6) is 0 Å². The number of anilines is 1. The average molecular weight is 459 g/mol. The number of rotatable bonds is 7. The molecule has 2 aromatic rings. The topological polar surface area (TPSA) is 94.3 Å². The number of fused-ring (bicyclic) bond motifs is 1. The number of hydrogen-bond acceptors (Lipinski definition) is 4. The number of H-pyrrole nitrogens is 1. The van der Waals surface area contributed by atoms with Gasteiger partial charge in [0, 0.05) is 35.7 Å². The number of aromatic amines is 1. The number of hydrogen-bond donors (Lipinski definition) is 3. The Labute approximate surface area is 195 Å². The first kappa shape index (κ1) is 27.8. The summed E-state index contributed by atoms with van der Waals surface area (Å²) in [6.07, 6.45) is 1.68. The second-order valence-electron chi connectivity index (χ2n) is 7.15. The second-order valence-corrected chi connectivity index (χ2v) is 7.15. The van der Waals surface area contributed by atoms with Crippen LogP contribution in [0, 0.1) is 19.7 Å². The Morgan fingerprint density at radius 1 is 1.18 bits per heavy atom. The van der Waals surface area contributed by atoms with Gasteiger partial charge in [0.1, 0.15) is 12.6 Å². The first-order chi connectivity index (χ1) is 15.8. The fraction of sp³-hybridized carbons (Fsp3) is 0.400. The second kappa shape index (κ2) is 13.3. The largest absolute Gasteiger partial charge is 0.358 e. The Bertz CT molecular complexity index is 994. The van der Waals surface area contributed by atoms with Crippen molar-refractivity contribution in [3.8, 4) is 0 Å². The van der Waals surface area contributed by atoms with Crippen molar-refractivity contribution in [1.82, 2.24) is 15.2 Å². The number of likely N-dealkylation sites (N-methyl/N-ethyl adjacent to an activating group) is 1. The zero-order valence-electron chi connectivity index (χ0n) is 20.4. The van der Waals surface area contributed by atoms with Crippen LogP contribution in [0.25, 0.3) is 11.6 Å². The summed E-state index contributed by atoms with van der Waals surface area (Å²) in [5.74, 6) is -0.836. The standard InChI is InChI=1S/C22H27FN4O2.C2H6.CH2O/c1-5-27(6-2)10-9-24-22(29)20-13(3)19(25-14(20)4)12-17-16-11-15(23)7-8-18(16)26-21(17)28;2*1-2/h7-8,11-12,25H,5-6,9-10H2,1-4H3,(H,24,29)(H,26,28);1-2H3;1H2/b17-12-;;. The Balaban J connectivity index is 0.00000129. The van der Waals surface area contributed by atoms with E-state index in [1.54, 1.807) is 12.1 Å². The molecule has 1 aliphatic rings. The van der Waals surface area contributed by atoms with Crippen molar-refractivity contribution in [2.45, 2.75) is 41.5 Å². The predicted molar refractivity (Wildman–Crippen MR) is 132 cm³/mol. The molecule has 0 saturated heterocycles. The molecule has 0 fully saturated rings. The zero-order chi connectivity index (χ0) is 25.1. The van der Waals surface area contributed by atoms with Crippen molar-refractivity contribution in [2.75, 3.05) is 31.5 Å². The van der Waals surface area contributed by atoms with E-state index in [1.165, 1.54) is 12.1 Å². The zero-order valence-corrected chi connectivity index (χ0v) is 20.4. The van der Waals surface area contributed by atoms with Crippen molar-refractivity contribution >= 4 is 35.9 Å². The molecule has 1 aromatic heterocycles. The van der Waals surface area contributed by atoms with E-state index in [-0.39, 0.29) is 11.8 Å². The first-order valence-electron chi connectivity index (χ1n) is 11.2. The molecule has 180 valence electrons. The van der Waals surface area contributed by atoms with Crippen LogP contribution in [0.4, 0.5) is 10.1 Å². The lowest BCUT2D eigenvalue weighted by molar-refractivity contribution is -0.110. The summed E-state index contributed by atoms with van der Waals surface area (Å²) in [6.45, 7) is 17.1. The summed E-state index contributed by atoms with van der Waals surface area (Å²) in [5, 5.41) is 5.70. The summed E-state index contributed by atoms with van der Waals surface area (Å²) in [5.41, 5.74) is 4.20. The van der Waals surface area contributed by atoms with Gasteiger partial charge in [-0.1, -0.05) is 27.7 Å². The summed E-state index contributed by atoms with van der Waals surface area (Å²) in [6, 6.07) is 4.20. The number of aromatic nitrogens is 1. The van der Waals surface area contributed by atoms with Crippen LogP contribution < -0.4 is 10.6 Å².